The van der Waals surface area contributed by atoms with Crippen molar-refractivity contribution in [3.05, 3.63) is 195 Å². The number of aromatic nitrogens is 6. The van der Waals surface area contributed by atoms with E-state index in [9.17, 15) is 0 Å². The number of hydrogen-bond donors (Lipinski definition) is 0. The van der Waals surface area contributed by atoms with Crippen molar-refractivity contribution in [3.63, 3.8) is 0 Å². The van der Waals surface area contributed by atoms with Gasteiger partial charge in [-0.3, -0.25) is 19.9 Å². The Hall–Kier alpha value is -7.70. The first kappa shape index (κ1) is 31.8. The van der Waals surface area contributed by atoms with Gasteiger partial charge in [0.25, 0.3) is 0 Å². The molecule has 0 aliphatic carbocycles. The molecule has 6 nitrogen and oxygen atoms in total. The predicted octanol–water partition coefficient (Wildman–Crippen LogP) is 12.1. The molecule has 262 valence electrons. The van der Waals surface area contributed by atoms with Crippen molar-refractivity contribution in [3.8, 4) is 56.0 Å². The smallest absolute Gasteiger partial charge is 0.0702 e. The van der Waals surface area contributed by atoms with Gasteiger partial charge in [0, 0.05) is 87.4 Å². The van der Waals surface area contributed by atoms with E-state index in [2.05, 4.69) is 156 Å². The number of hydrogen-bond acceptors (Lipinski definition) is 4. The average molecular weight is 717 g/mol. The Morgan fingerprint density at radius 3 is 1.41 bits per heavy atom. The Labute approximate surface area is 322 Å². The molecular weight excluding hydrogens is 685 g/mol. The van der Waals surface area contributed by atoms with Gasteiger partial charge < -0.3 is 9.13 Å². The first-order chi connectivity index (χ1) is 27.8. The zero-order chi connectivity index (χ0) is 37.0. The lowest BCUT2D eigenvalue weighted by Crippen LogP contribution is -1.98. The van der Waals surface area contributed by atoms with E-state index < -0.39 is 0 Å². The second-order valence-electron chi connectivity index (χ2n) is 14.1. The third-order valence-corrected chi connectivity index (χ3v) is 10.8. The van der Waals surface area contributed by atoms with E-state index in [4.69, 9.17) is 0 Å². The molecule has 0 aliphatic heterocycles. The van der Waals surface area contributed by atoms with Crippen LogP contribution in [0.4, 0.5) is 0 Å². The molecule has 0 aliphatic rings. The maximum Gasteiger partial charge on any atom is 0.0702 e. The summed E-state index contributed by atoms with van der Waals surface area (Å²) in [6.45, 7) is 0. The highest BCUT2D eigenvalue weighted by Gasteiger charge is 2.17. The van der Waals surface area contributed by atoms with E-state index in [0.29, 0.717) is 0 Å². The van der Waals surface area contributed by atoms with Crippen LogP contribution >= 0.6 is 0 Å². The molecule has 6 heterocycles. The van der Waals surface area contributed by atoms with E-state index in [1.807, 2.05) is 67.6 Å². The summed E-state index contributed by atoms with van der Waals surface area (Å²) in [4.78, 5) is 18.0. The largest absolute Gasteiger partial charge is 0.309 e. The molecule has 0 spiro atoms. The van der Waals surface area contributed by atoms with Gasteiger partial charge in [0.1, 0.15) is 0 Å². The van der Waals surface area contributed by atoms with Gasteiger partial charge in [-0.15, -0.1) is 0 Å². The molecule has 0 fully saturated rings. The molecule has 11 aromatic rings. The Morgan fingerprint density at radius 1 is 0.304 bits per heavy atom. The van der Waals surface area contributed by atoms with E-state index in [1.165, 1.54) is 0 Å². The standard InChI is InChI=1S/C50H32N6/c1-2-22-54-46(14-1)38-10-4-8-34(26-38)37-16-18-48-43(28-37)45-32-53-24-20-50(45)56(48)41-13-5-12-40(29-41)55-47-17-15-36(27-42(47)44-31-52-23-19-49(44)55)33-7-3-9-35(25-33)39-11-6-21-51-30-39/h1-32H. The summed E-state index contributed by atoms with van der Waals surface area (Å²) in [6, 6.07) is 53.9. The maximum atomic E-state index is 4.58. The summed E-state index contributed by atoms with van der Waals surface area (Å²) in [5.41, 5.74) is 15.5. The molecule has 0 amide bonds. The van der Waals surface area contributed by atoms with Crippen LogP contribution in [-0.2, 0) is 0 Å². The average Bonchev–Trinajstić information content (AvgIpc) is 3.79. The summed E-state index contributed by atoms with van der Waals surface area (Å²) < 4.78 is 4.71. The summed E-state index contributed by atoms with van der Waals surface area (Å²) in [5.74, 6) is 0. The Morgan fingerprint density at radius 2 is 0.821 bits per heavy atom. The van der Waals surface area contributed by atoms with Crippen molar-refractivity contribution >= 4 is 43.6 Å². The highest BCUT2D eigenvalue weighted by atomic mass is 15.0. The molecule has 0 saturated heterocycles. The number of rotatable bonds is 6. The zero-order valence-electron chi connectivity index (χ0n) is 30.2. The van der Waals surface area contributed by atoms with Gasteiger partial charge in [0.2, 0.25) is 0 Å². The lowest BCUT2D eigenvalue weighted by Gasteiger charge is -2.13. The van der Waals surface area contributed by atoms with Gasteiger partial charge in [-0.2, -0.15) is 0 Å². The quantitative estimate of drug-likeness (QED) is 0.172. The second-order valence-corrected chi connectivity index (χ2v) is 14.1. The Bertz CT molecular complexity index is 3040. The lowest BCUT2D eigenvalue weighted by atomic mass is 9.99. The molecule has 6 heteroatoms. The van der Waals surface area contributed by atoms with E-state index in [0.717, 1.165) is 99.6 Å². The molecule has 11 rings (SSSR count). The summed E-state index contributed by atoms with van der Waals surface area (Å²) in [7, 11) is 0. The van der Waals surface area contributed by atoms with Crippen molar-refractivity contribution in [2.75, 3.05) is 0 Å². The molecule has 5 aromatic carbocycles. The van der Waals surface area contributed by atoms with Crippen LogP contribution in [-0.4, -0.2) is 29.1 Å². The first-order valence-corrected chi connectivity index (χ1v) is 18.7. The molecule has 0 atom stereocenters. The molecular formula is C50H32N6. The van der Waals surface area contributed by atoms with Gasteiger partial charge >= 0.3 is 0 Å². The van der Waals surface area contributed by atoms with E-state index in [-0.39, 0.29) is 0 Å². The molecule has 56 heavy (non-hydrogen) atoms. The van der Waals surface area contributed by atoms with Crippen LogP contribution in [0.1, 0.15) is 0 Å². The van der Waals surface area contributed by atoms with Crippen LogP contribution in [0.3, 0.4) is 0 Å². The van der Waals surface area contributed by atoms with Crippen molar-refractivity contribution in [2.45, 2.75) is 0 Å². The molecule has 0 N–H and O–H groups in total. The Balaban J connectivity index is 1.03. The van der Waals surface area contributed by atoms with Gasteiger partial charge in [0.15, 0.2) is 0 Å². The summed E-state index contributed by atoms with van der Waals surface area (Å²) in [5, 5.41) is 4.53. The number of pyridine rings is 4. The fourth-order valence-electron chi connectivity index (χ4n) is 8.22. The van der Waals surface area contributed by atoms with Crippen LogP contribution in [0, 0.1) is 0 Å². The van der Waals surface area contributed by atoms with Gasteiger partial charge in [-0.25, -0.2) is 0 Å². The van der Waals surface area contributed by atoms with Crippen LogP contribution in [0.25, 0.3) is 99.6 Å². The fraction of sp³-hybridized carbons (Fsp3) is 0. The summed E-state index contributed by atoms with van der Waals surface area (Å²) in [6.07, 6.45) is 13.3. The van der Waals surface area contributed by atoms with Crippen molar-refractivity contribution in [1.29, 1.82) is 0 Å². The molecule has 0 bridgehead atoms. The van der Waals surface area contributed by atoms with Crippen LogP contribution < -0.4 is 0 Å². The van der Waals surface area contributed by atoms with Gasteiger partial charge in [0.05, 0.1) is 27.8 Å². The third kappa shape index (κ3) is 5.27. The van der Waals surface area contributed by atoms with E-state index in [1.54, 1.807) is 0 Å². The van der Waals surface area contributed by atoms with Crippen LogP contribution in [0.15, 0.2) is 195 Å². The minimum atomic E-state index is 0.961. The molecule has 0 radical (unpaired) electrons. The normalized spacial score (nSPS) is 11.6. The number of fused-ring (bicyclic) bond motifs is 6. The molecule has 6 aromatic heterocycles. The third-order valence-electron chi connectivity index (χ3n) is 10.8. The first-order valence-electron chi connectivity index (χ1n) is 18.7. The van der Waals surface area contributed by atoms with Crippen LogP contribution in [0.5, 0.6) is 0 Å². The van der Waals surface area contributed by atoms with Crippen molar-refractivity contribution in [1.82, 2.24) is 29.1 Å². The van der Waals surface area contributed by atoms with Crippen LogP contribution in [0.2, 0.25) is 0 Å². The highest BCUT2D eigenvalue weighted by molar-refractivity contribution is 6.11. The molecule has 0 saturated carbocycles. The van der Waals surface area contributed by atoms with Crippen molar-refractivity contribution in [2.24, 2.45) is 0 Å². The monoisotopic (exact) mass is 716 g/mol. The minimum absolute atomic E-state index is 0.961. The molecule has 0 unspecified atom stereocenters. The predicted molar refractivity (Wildman–Crippen MR) is 228 cm³/mol. The second kappa shape index (κ2) is 13.0. The van der Waals surface area contributed by atoms with Gasteiger partial charge in [-0.05, 0) is 113 Å². The number of nitrogens with zero attached hydrogens (tertiary/aromatic N) is 6. The fourth-order valence-corrected chi connectivity index (χ4v) is 8.22. The van der Waals surface area contributed by atoms with Crippen molar-refractivity contribution < 1.29 is 0 Å². The summed E-state index contributed by atoms with van der Waals surface area (Å²) >= 11 is 0. The Kier molecular flexibility index (Phi) is 7.38. The lowest BCUT2D eigenvalue weighted by molar-refractivity contribution is 1.13. The zero-order valence-corrected chi connectivity index (χ0v) is 30.2. The minimum Gasteiger partial charge on any atom is -0.309 e. The topological polar surface area (TPSA) is 61.4 Å². The maximum absolute atomic E-state index is 4.58. The van der Waals surface area contributed by atoms with E-state index >= 15 is 0 Å². The SMILES string of the molecule is c1ccc(-c2cccc(-c3ccc4c(c3)c3cnccc3n4-c3cccc(-n4c5ccncc5c5cc(-c6cccc(-c7cccnc7)c6)ccc54)c3)c2)nc1. The van der Waals surface area contributed by atoms with Gasteiger partial charge in [-0.1, -0.05) is 66.7 Å². The number of benzene rings is 5. The highest BCUT2D eigenvalue weighted by Crippen LogP contribution is 2.38.